The molecule has 122 valence electrons. The van der Waals surface area contributed by atoms with Gasteiger partial charge in [-0.1, -0.05) is 0 Å². The maximum Gasteiger partial charge on any atom is 0.140 e. The topological polar surface area (TPSA) is 55.7 Å². The van der Waals surface area contributed by atoms with Crippen LogP contribution < -0.4 is 4.74 Å². The lowest BCUT2D eigenvalue weighted by atomic mass is 10.1. The highest BCUT2D eigenvalue weighted by atomic mass is 32.1. The molecule has 0 radical (unpaired) electrons. The van der Waals surface area contributed by atoms with E-state index in [1.54, 1.807) is 11.3 Å². The molecule has 0 bridgehead atoms. The summed E-state index contributed by atoms with van der Waals surface area (Å²) >= 11 is 1.60. The van der Waals surface area contributed by atoms with E-state index in [9.17, 15) is 0 Å². The molecule has 4 aromatic rings. The molecule has 0 aliphatic rings. The van der Waals surface area contributed by atoms with E-state index < -0.39 is 0 Å². The van der Waals surface area contributed by atoms with E-state index in [0.29, 0.717) is 0 Å². The van der Waals surface area contributed by atoms with Gasteiger partial charge < -0.3 is 9.72 Å². The predicted molar refractivity (Wildman–Crippen MR) is 96.4 cm³/mol. The fraction of sp³-hybridized carbons (Fsp3) is 0.222. The SMILES string of the molecule is CCn1ccc(-c2cc(O[C@H](C)c3cc[nH]c3)c3scnc3c2)n1. The second-order valence-corrected chi connectivity index (χ2v) is 6.49. The summed E-state index contributed by atoms with van der Waals surface area (Å²) in [5.74, 6) is 0.852. The Morgan fingerprint density at radius 3 is 3.00 bits per heavy atom. The second kappa shape index (κ2) is 6.13. The number of benzene rings is 1. The molecule has 0 unspecified atom stereocenters. The van der Waals surface area contributed by atoms with Crippen LogP contribution in [0.3, 0.4) is 0 Å². The fourth-order valence-electron chi connectivity index (χ4n) is 2.71. The summed E-state index contributed by atoms with van der Waals surface area (Å²) in [6.07, 6.45) is 5.82. The Kier molecular flexibility index (Phi) is 3.82. The van der Waals surface area contributed by atoms with Gasteiger partial charge in [0.05, 0.1) is 21.4 Å². The quantitative estimate of drug-likeness (QED) is 0.576. The molecule has 1 aromatic carbocycles. The van der Waals surface area contributed by atoms with Crippen LogP contribution >= 0.6 is 11.3 Å². The zero-order valence-electron chi connectivity index (χ0n) is 13.6. The number of hydrogen-bond acceptors (Lipinski definition) is 4. The van der Waals surface area contributed by atoms with E-state index >= 15 is 0 Å². The molecule has 0 aliphatic heterocycles. The van der Waals surface area contributed by atoms with Crippen molar-refractivity contribution in [2.75, 3.05) is 0 Å². The molecule has 0 aliphatic carbocycles. The number of aryl methyl sites for hydroxylation is 1. The van der Waals surface area contributed by atoms with Crippen molar-refractivity contribution in [3.8, 4) is 17.0 Å². The number of hydrogen-bond donors (Lipinski definition) is 1. The lowest BCUT2D eigenvalue weighted by Gasteiger charge is -2.15. The standard InChI is InChI=1S/C18H18N4OS/c1-3-22-7-5-15(21-22)14-8-16-18(24-11-20-16)17(9-14)23-12(2)13-4-6-19-10-13/h4-12,19H,3H2,1-2H3/t12-/m1/s1. The van der Waals surface area contributed by atoms with Gasteiger partial charge in [-0.15, -0.1) is 11.3 Å². The smallest absolute Gasteiger partial charge is 0.140 e. The number of ether oxygens (including phenoxy) is 1. The Bertz CT molecular complexity index is 955. The number of rotatable bonds is 5. The average Bonchev–Trinajstić information content (AvgIpc) is 3.33. The Morgan fingerprint density at radius 2 is 2.25 bits per heavy atom. The largest absolute Gasteiger partial charge is 0.484 e. The first-order valence-corrected chi connectivity index (χ1v) is 8.83. The zero-order chi connectivity index (χ0) is 16.5. The summed E-state index contributed by atoms with van der Waals surface area (Å²) in [6.45, 7) is 4.98. The van der Waals surface area contributed by atoms with Crippen molar-refractivity contribution in [3.63, 3.8) is 0 Å². The van der Waals surface area contributed by atoms with Crippen molar-refractivity contribution < 1.29 is 4.74 Å². The minimum Gasteiger partial charge on any atom is -0.484 e. The Balaban J connectivity index is 1.75. The van der Waals surface area contributed by atoms with Gasteiger partial charge in [0.15, 0.2) is 0 Å². The molecule has 1 atom stereocenters. The molecular weight excluding hydrogens is 320 g/mol. The van der Waals surface area contributed by atoms with Gasteiger partial charge in [-0.2, -0.15) is 5.10 Å². The van der Waals surface area contributed by atoms with E-state index in [0.717, 1.165) is 39.3 Å². The molecule has 6 heteroatoms. The van der Waals surface area contributed by atoms with Crippen LogP contribution in [0.15, 0.2) is 48.4 Å². The third-order valence-electron chi connectivity index (χ3n) is 4.05. The predicted octanol–water partition coefficient (Wildman–Crippen LogP) is 4.65. The molecule has 1 N–H and O–H groups in total. The summed E-state index contributed by atoms with van der Waals surface area (Å²) < 4.78 is 9.23. The third-order valence-corrected chi connectivity index (χ3v) is 4.91. The highest BCUT2D eigenvalue weighted by Gasteiger charge is 2.14. The van der Waals surface area contributed by atoms with Crippen LogP contribution in [0.5, 0.6) is 5.75 Å². The minimum absolute atomic E-state index is 0.0370. The van der Waals surface area contributed by atoms with Gasteiger partial charge in [0.1, 0.15) is 11.9 Å². The van der Waals surface area contributed by atoms with Gasteiger partial charge in [-0.3, -0.25) is 4.68 Å². The second-order valence-electron chi connectivity index (χ2n) is 5.64. The van der Waals surface area contributed by atoms with Gasteiger partial charge in [-0.25, -0.2) is 4.98 Å². The molecule has 0 fully saturated rings. The highest BCUT2D eigenvalue weighted by molar-refractivity contribution is 7.17. The number of thiazole rings is 1. The van der Waals surface area contributed by atoms with E-state index in [-0.39, 0.29) is 6.10 Å². The monoisotopic (exact) mass is 338 g/mol. The van der Waals surface area contributed by atoms with Crippen molar-refractivity contribution in [1.29, 1.82) is 0 Å². The van der Waals surface area contributed by atoms with Gasteiger partial charge >= 0.3 is 0 Å². The summed E-state index contributed by atoms with van der Waals surface area (Å²) in [6, 6.07) is 8.19. The van der Waals surface area contributed by atoms with E-state index in [4.69, 9.17) is 4.74 Å². The third kappa shape index (κ3) is 2.69. The van der Waals surface area contributed by atoms with Crippen LogP contribution in [0, 0.1) is 0 Å². The number of nitrogens with zero attached hydrogens (tertiary/aromatic N) is 3. The maximum absolute atomic E-state index is 6.24. The first-order valence-electron chi connectivity index (χ1n) is 7.95. The van der Waals surface area contributed by atoms with Crippen LogP contribution in [0.1, 0.15) is 25.5 Å². The zero-order valence-corrected chi connectivity index (χ0v) is 14.4. The minimum atomic E-state index is -0.0370. The summed E-state index contributed by atoms with van der Waals surface area (Å²) in [5, 5.41) is 4.59. The Labute approximate surface area is 143 Å². The lowest BCUT2D eigenvalue weighted by Crippen LogP contribution is -2.02. The van der Waals surface area contributed by atoms with Crippen LogP contribution in [-0.2, 0) is 6.54 Å². The average molecular weight is 338 g/mol. The number of fused-ring (bicyclic) bond motifs is 1. The van der Waals surface area contributed by atoms with Gasteiger partial charge in [0, 0.05) is 36.3 Å². The van der Waals surface area contributed by atoms with E-state index in [1.807, 2.05) is 40.9 Å². The molecule has 0 saturated heterocycles. The van der Waals surface area contributed by atoms with Crippen LogP contribution in [0.4, 0.5) is 0 Å². The van der Waals surface area contributed by atoms with Gasteiger partial charge in [0.25, 0.3) is 0 Å². The van der Waals surface area contributed by atoms with Crippen LogP contribution in [-0.4, -0.2) is 19.7 Å². The molecule has 3 heterocycles. The molecule has 3 aromatic heterocycles. The van der Waals surface area contributed by atoms with Crippen molar-refractivity contribution in [2.24, 2.45) is 0 Å². The molecular formula is C18H18N4OS. The van der Waals surface area contributed by atoms with Crippen LogP contribution in [0.25, 0.3) is 21.5 Å². The maximum atomic E-state index is 6.24. The summed E-state index contributed by atoms with van der Waals surface area (Å²) in [5.41, 5.74) is 5.88. The Hall–Kier alpha value is -2.60. The number of aromatic amines is 1. The first kappa shape index (κ1) is 15.0. The van der Waals surface area contributed by atoms with E-state index in [1.165, 1.54) is 0 Å². The molecule has 5 nitrogen and oxygen atoms in total. The van der Waals surface area contributed by atoms with Gasteiger partial charge in [0.2, 0.25) is 0 Å². The highest BCUT2D eigenvalue weighted by Crippen LogP contribution is 2.36. The fourth-order valence-corrected chi connectivity index (χ4v) is 3.44. The van der Waals surface area contributed by atoms with Crippen molar-refractivity contribution in [1.82, 2.24) is 19.7 Å². The summed E-state index contributed by atoms with van der Waals surface area (Å²) in [7, 11) is 0. The number of nitrogens with one attached hydrogen (secondary N) is 1. The number of H-pyrrole nitrogens is 1. The van der Waals surface area contributed by atoms with Gasteiger partial charge in [-0.05, 0) is 38.1 Å². The van der Waals surface area contributed by atoms with E-state index in [2.05, 4.69) is 41.0 Å². The first-order chi connectivity index (χ1) is 11.7. The molecule has 0 spiro atoms. The summed E-state index contributed by atoms with van der Waals surface area (Å²) in [4.78, 5) is 7.53. The van der Waals surface area contributed by atoms with Crippen molar-refractivity contribution in [2.45, 2.75) is 26.5 Å². The molecule has 0 amide bonds. The van der Waals surface area contributed by atoms with Crippen molar-refractivity contribution in [3.05, 3.63) is 53.9 Å². The number of aromatic nitrogens is 4. The molecule has 4 rings (SSSR count). The van der Waals surface area contributed by atoms with Crippen molar-refractivity contribution >= 4 is 21.6 Å². The molecule has 0 saturated carbocycles. The van der Waals surface area contributed by atoms with Crippen LogP contribution in [0.2, 0.25) is 0 Å². The molecule has 24 heavy (non-hydrogen) atoms. The Morgan fingerprint density at radius 1 is 1.33 bits per heavy atom. The lowest BCUT2D eigenvalue weighted by molar-refractivity contribution is 0.230. The normalized spacial score (nSPS) is 12.6.